The SMILES string of the molecule is CCCCCn1nc(C(=O)NNC(=O)c2oc3c(Cl)cccc3c2C)c2ccccc2c1=O. The summed E-state index contributed by atoms with van der Waals surface area (Å²) >= 11 is 6.15. The van der Waals surface area contributed by atoms with Crippen molar-refractivity contribution in [2.45, 2.75) is 39.7 Å². The predicted molar refractivity (Wildman–Crippen MR) is 126 cm³/mol. The molecule has 33 heavy (non-hydrogen) atoms. The first-order valence-electron chi connectivity index (χ1n) is 10.7. The average molecular weight is 467 g/mol. The highest BCUT2D eigenvalue weighted by Gasteiger charge is 2.21. The van der Waals surface area contributed by atoms with Crippen LogP contribution in [0.5, 0.6) is 0 Å². The van der Waals surface area contributed by atoms with Crippen molar-refractivity contribution < 1.29 is 14.0 Å². The van der Waals surface area contributed by atoms with Gasteiger partial charge in [0, 0.05) is 22.9 Å². The quantitative estimate of drug-likeness (QED) is 0.324. The van der Waals surface area contributed by atoms with Crippen molar-refractivity contribution >= 4 is 45.2 Å². The van der Waals surface area contributed by atoms with E-state index >= 15 is 0 Å². The Morgan fingerprint density at radius 3 is 2.42 bits per heavy atom. The van der Waals surface area contributed by atoms with Gasteiger partial charge in [0.25, 0.3) is 11.5 Å². The number of amides is 2. The third-order valence-electron chi connectivity index (χ3n) is 5.47. The molecule has 0 fully saturated rings. The van der Waals surface area contributed by atoms with Gasteiger partial charge in [0.2, 0.25) is 0 Å². The molecule has 0 unspecified atom stereocenters. The van der Waals surface area contributed by atoms with Gasteiger partial charge in [-0.2, -0.15) is 5.10 Å². The van der Waals surface area contributed by atoms with Gasteiger partial charge in [-0.25, -0.2) is 4.68 Å². The third-order valence-corrected chi connectivity index (χ3v) is 5.77. The second-order valence-electron chi connectivity index (χ2n) is 7.71. The molecule has 0 spiro atoms. The number of halogens is 1. The highest BCUT2D eigenvalue weighted by atomic mass is 35.5. The molecule has 2 heterocycles. The minimum Gasteiger partial charge on any atom is -0.449 e. The molecule has 0 aliphatic carbocycles. The Balaban J connectivity index is 1.60. The number of unbranched alkanes of at least 4 members (excludes halogenated alkanes) is 2. The second kappa shape index (κ2) is 9.46. The number of para-hydroxylation sites is 1. The highest BCUT2D eigenvalue weighted by Crippen LogP contribution is 2.30. The van der Waals surface area contributed by atoms with E-state index < -0.39 is 11.8 Å². The fourth-order valence-electron chi connectivity index (χ4n) is 3.72. The van der Waals surface area contributed by atoms with Crippen LogP contribution in [0.4, 0.5) is 0 Å². The molecular weight excluding hydrogens is 444 g/mol. The minimum absolute atomic E-state index is 0.0424. The first-order valence-corrected chi connectivity index (χ1v) is 11.1. The van der Waals surface area contributed by atoms with Crippen molar-refractivity contribution in [3.8, 4) is 0 Å². The maximum absolute atomic E-state index is 12.9. The normalized spacial score (nSPS) is 11.1. The molecule has 2 N–H and O–H groups in total. The number of benzene rings is 2. The lowest BCUT2D eigenvalue weighted by molar-refractivity contribution is 0.0829. The first-order chi connectivity index (χ1) is 15.9. The highest BCUT2D eigenvalue weighted by molar-refractivity contribution is 6.35. The number of hydrazine groups is 1. The number of furan rings is 1. The zero-order valence-corrected chi connectivity index (χ0v) is 19.0. The maximum atomic E-state index is 12.9. The molecule has 2 amide bonds. The van der Waals surface area contributed by atoms with Crippen LogP contribution in [0.1, 0.15) is 52.8 Å². The van der Waals surface area contributed by atoms with Crippen molar-refractivity contribution in [2.75, 3.05) is 0 Å². The first kappa shape index (κ1) is 22.5. The molecule has 0 radical (unpaired) electrons. The van der Waals surface area contributed by atoms with Gasteiger partial charge >= 0.3 is 5.91 Å². The smallest absolute Gasteiger partial charge is 0.305 e. The number of aryl methyl sites for hydroxylation is 2. The molecule has 0 saturated carbocycles. The number of nitrogens with one attached hydrogen (secondary N) is 2. The van der Waals surface area contributed by atoms with Crippen molar-refractivity contribution in [3.63, 3.8) is 0 Å². The molecule has 0 saturated heterocycles. The summed E-state index contributed by atoms with van der Waals surface area (Å²) in [5.41, 5.74) is 5.55. The Morgan fingerprint density at radius 1 is 1.00 bits per heavy atom. The van der Waals surface area contributed by atoms with E-state index in [1.54, 1.807) is 49.4 Å². The van der Waals surface area contributed by atoms with E-state index in [0.717, 1.165) is 19.3 Å². The van der Waals surface area contributed by atoms with Gasteiger partial charge in [0.05, 0.1) is 10.4 Å². The van der Waals surface area contributed by atoms with Crippen molar-refractivity contribution in [1.29, 1.82) is 0 Å². The van der Waals surface area contributed by atoms with Gasteiger partial charge in [0.1, 0.15) is 0 Å². The van der Waals surface area contributed by atoms with Gasteiger partial charge in [-0.15, -0.1) is 0 Å². The van der Waals surface area contributed by atoms with Crippen LogP contribution >= 0.6 is 11.6 Å². The molecule has 0 aliphatic heterocycles. The third kappa shape index (κ3) is 4.34. The Kier molecular flexibility index (Phi) is 6.46. The van der Waals surface area contributed by atoms with Crippen LogP contribution in [0.3, 0.4) is 0 Å². The van der Waals surface area contributed by atoms with Crippen LogP contribution in [0.25, 0.3) is 21.7 Å². The van der Waals surface area contributed by atoms with E-state index in [0.29, 0.717) is 38.9 Å². The lowest BCUT2D eigenvalue weighted by Gasteiger charge is -2.11. The molecule has 0 bridgehead atoms. The van der Waals surface area contributed by atoms with Crippen molar-refractivity contribution in [1.82, 2.24) is 20.6 Å². The number of carbonyl (C=O) groups excluding carboxylic acids is 2. The fraction of sp³-hybridized carbons (Fsp3) is 0.250. The summed E-state index contributed by atoms with van der Waals surface area (Å²) in [5.74, 6) is -1.23. The molecule has 2 aromatic heterocycles. The van der Waals surface area contributed by atoms with Gasteiger partial charge in [0.15, 0.2) is 17.0 Å². The van der Waals surface area contributed by atoms with Gasteiger partial charge < -0.3 is 4.42 Å². The minimum atomic E-state index is -0.643. The van der Waals surface area contributed by atoms with E-state index in [1.165, 1.54) is 4.68 Å². The number of carbonyl (C=O) groups is 2. The Hall–Kier alpha value is -3.65. The molecule has 9 heteroatoms. The van der Waals surface area contributed by atoms with Crippen LogP contribution in [0, 0.1) is 6.92 Å². The van der Waals surface area contributed by atoms with Crippen LogP contribution in [0.2, 0.25) is 5.02 Å². The number of fused-ring (bicyclic) bond motifs is 2. The zero-order valence-electron chi connectivity index (χ0n) is 18.3. The lowest BCUT2D eigenvalue weighted by Crippen LogP contribution is -2.43. The van der Waals surface area contributed by atoms with Gasteiger partial charge in [-0.05, 0) is 25.5 Å². The Morgan fingerprint density at radius 2 is 1.70 bits per heavy atom. The second-order valence-corrected chi connectivity index (χ2v) is 8.12. The van der Waals surface area contributed by atoms with E-state index in [1.807, 2.05) is 0 Å². The number of hydrogen-bond donors (Lipinski definition) is 2. The topological polar surface area (TPSA) is 106 Å². The summed E-state index contributed by atoms with van der Waals surface area (Å²) in [6.45, 7) is 4.21. The monoisotopic (exact) mass is 466 g/mol. The molecule has 170 valence electrons. The van der Waals surface area contributed by atoms with Crippen molar-refractivity contribution in [2.24, 2.45) is 0 Å². The fourth-order valence-corrected chi connectivity index (χ4v) is 3.93. The Labute approximate surface area is 194 Å². The Bertz CT molecular complexity index is 1420. The van der Waals surface area contributed by atoms with Crippen LogP contribution in [-0.4, -0.2) is 21.6 Å². The molecule has 0 atom stereocenters. The average Bonchev–Trinajstić information content (AvgIpc) is 3.17. The molecule has 8 nitrogen and oxygen atoms in total. The summed E-state index contributed by atoms with van der Waals surface area (Å²) in [4.78, 5) is 38.4. The maximum Gasteiger partial charge on any atom is 0.305 e. The zero-order chi connectivity index (χ0) is 23.5. The van der Waals surface area contributed by atoms with Gasteiger partial charge in [-0.1, -0.05) is 61.7 Å². The lowest BCUT2D eigenvalue weighted by atomic mass is 10.1. The van der Waals surface area contributed by atoms with Crippen LogP contribution in [-0.2, 0) is 6.54 Å². The molecular formula is C24H23ClN4O4. The van der Waals surface area contributed by atoms with Crippen LogP contribution in [0.15, 0.2) is 51.7 Å². The summed E-state index contributed by atoms with van der Waals surface area (Å²) < 4.78 is 6.94. The number of aromatic nitrogens is 2. The number of rotatable bonds is 6. The van der Waals surface area contributed by atoms with Crippen LogP contribution < -0.4 is 16.4 Å². The largest absolute Gasteiger partial charge is 0.449 e. The summed E-state index contributed by atoms with van der Waals surface area (Å²) in [6.07, 6.45) is 2.71. The number of nitrogens with zero attached hydrogens (tertiary/aromatic N) is 2. The number of hydrogen-bond acceptors (Lipinski definition) is 5. The van der Waals surface area contributed by atoms with E-state index in [2.05, 4.69) is 22.9 Å². The van der Waals surface area contributed by atoms with Crippen molar-refractivity contribution in [3.05, 3.63) is 74.9 Å². The summed E-state index contributed by atoms with van der Waals surface area (Å²) in [5, 5.41) is 6.19. The summed E-state index contributed by atoms with van der Waals surface area (Å²) in [7, 11) is 0. The molecule has 4 rings (SSSR count). The molecule has 4 aromatic rings. The van der Waals surface area contributed by atoms with E-state index in [-0.39, 0.29) is 17.0 Å². The summed E-state index contributed by atoms with van der Waals surface area (Å²) in [6, 6.07) is 12.0. The predicted octanol–water partition coefficient (Wildman–Crippen LogP) is 4.37. The van der Waals surface area contributed by atoms with Gasteiger partial charge in [-0.3, -0.25) is 25.2 Å². The van der Waals surface area contributed by atoms with E-state index in [9.17, 15) is 14.4 Å². The standard InChI is InChI=1S/C24H23ClN4O4/c1-3-4-7-13-29-24(32)17-10-6-5-9-16(17)19(28-29)22(30)26-27-23(31)20-14(2)15-11-8-12-18(25)21(15)33-20/h5-6,8-12H,3-4,7,13H2,1-2H3,(H,26,30)(H,27,31). The van der Waals surface area contributed by atoms with E-state index in [4.69, 9.17) is 16.0 Å². The molecule has 2 aromatic carbocycles. The molecule has 0 aliphatic rings.